The van der Waals surface area contributed by atoms with Crippen LogP contribution in [0.5, 0.6) is 0 Å². The lowest BCUT2D eigenvalue weighted by Gasteiger charge is -2.31. The molecule has 3 atom stereocenters. The first-order valence-electron chi connectivity index (χ1n) is 4.22. The zero-order valence-electron chi connectivity index (χ0n) is 6.66. The highest BCUT2D eigenvalue weighted by atomic mass is 16.5. The highest BCUT2D eigenvalue weighted by Gasteiger charge is 2.43. The molecular formula is C8H13NO2. The van der Waals surface area contributed by atoms with Gasteiger partial charge in [-0.1, -0.05) is 6.92 Å². The van der Waals surface area contributed by atoms with Gasteiger partial charge in [0.2, 0.25) is 5.91 Å². The Morgan fingerprint density at radius 1 is 1.55 bits per heavy atom. The fourth-order valence-electron chi connectivity index (χ4n) is 2.26. The molecule has 0 radical (unpaired) electrons. The van der Waals surface area contributed by atoms with Crippen molar-refractivity contribution in [1.82, 2.24) is 5.06 Å². The molecule has 0 spiro atoms. The van der Waals surface area contributed by atoms with Crippen LogP contribution in [-0.2, 0) is 4.79 Å². The van der Waals surface area contributed by atoms with Crippen molar-refractivity contribution >= 4 is 5.91 Å². The number of amides is 1. The minimum absolute atomic E-state index is 0.0405. The molecule has 1 aliphatic heterocycles. The molecule has 2 bridgehead atoms. The lowest BCUT2D eigenvalue weighted by atomic mass is 9.89. The molecule has 1 aliphatic carbocycles. The van der Waals surface area contributed by atoms with Crippen molar-refractivity contribution in [3.63, 3.8) is 0 Å². The van der Waals surface area contributed by atoms with Crippen LogP contribution in [0.2, 0.25) is 0 Å². The quantitative estimate of drug-likeness (QED) is 0.530. The molecule has 1 saturated heterocycles. The van der Waals surface area contributed by atoms with E-state index in [2.05, 4.69) is 0 Å². The maximum atomic E-state index is 11.3. The lowest BCUT2D eigenvalue weighted by Crippen LogP contribution is -2.44. The van der Waals surface area contributed by atoms with Crippen molar-refractivity contribution in [2.75, 3.05) is 0 Å². The minimum atomic E-state index is -0.0799. The highest BCUT2D eigenvalue weighted by molar-refractivity contribution is 5.79. The molecule has 2 rings (SSSR count). The Morgan fingerprint density at radius 3 is 3.00 bits per heavy atom. The maximum absolute atomic E-state index is 11.3. The zero-order chi connectivity index (χ0) is 8.01. The van der Waals surface area contributed by atoms with Crippen LogP contribution in [0.3, 0.4) is 0 Å². The van der Waals surface area contributed by atoms with Gasteiger partial charge in [-0.05, 0) is 25.2 Å². The Bertz CT molecular complexity index is 175. The van der Waals surface area contributed by atoms with Crippen molar-refractivity contribution in [3.8, 4) is 0 Å². The van der Waals surface area contributed by atoms with E-state index in [9.17, 15) is 10.0 Å². The molecule has 1 heterocycles. The lowest BCUT2D eigenvalue weighted by molar-refractivity contribution is -0.186. The molecule has 2 aliphatic rings. The standard InChI is InChI=1S/C8H13NO2/c1-5-6-2-3-7(4-6)9(11)8(5)10/h5-7,11H,2-4H2,1H3. The molecule has 1 N–H and O–H groups in total. The second-order valence-electron chi connectivity index (χ2n) is 3.70. The van der Waals surface area contributed by atoms with Gasteiger partial charge in [-0.3, -0.25) is 10.0 Å². The van der Waals surface area contributed by atoms with E-state index in [0.717, 1.165) is 24.3 Å². The molecule has 0 aromatic rings. The number of hydrogen-bond donors (Lipinski definition) is 1. The van der Waals surface area contributed by atoms with Gasteiger partial charge in [-0.2, -0.15) is 0 Å². The van der Waals surface area contributed by atoms with E-state index in [1.54, 1.807) is 0 Å². The van der Waals surface area contributed by atoms with Crippen molar-refractivity contribution in [3.05, 3.63) is 0 Å². The summed E-state index contributed by atoms with van der Waals surface area (Å²) < 4.78 is 0. The summed E-state index contributed by atoms with van der Waals surface area (Å²) in [7, 11) is 0. The van der Waals surface area contributed by atoms with Gasteiger partial charge in [0.1, 0.15) is 0 Å². The third-order valence-electron chi connectivity index (χ3n) is 3.11. The van der Waals surface area contributed by atoms with E-state index < -0.39 is 0 Å². The number of carbonyl (C=O) groups is 1. The van der Waals surface area contributed by atoms with Crippen molar-refractivity contribution in [2.45, 2.75) is 32.2 Å². The second-order valence-corrected chi connectivity index (χ2v) is 3.70. The molecule has 3 nitrogen and oxygen atoms in total. The SMILES string of the molecule is CC1C(=O)N(O)C2CCC1C2. The van der Waals surface area contributed by atoms with Gasteiger partial charge in [-0.15, -0.1) is 0 Å². The van der Waals surface area contributed by atoms with Crippen LogP contribution in [-0.4, -0.2) is 22.2 Å². The van der Waals surface area contributed by atoms with E-state index in [0.29, 0.717) is 5.92 Å². The first-order valence-corrected chi connectivity index (χ1v) is 4.22. The van der Waals surface area contributed by atoms with Crippen LogP contribution >= 0.6 is 0 Å². The Kier molecular flexibility index (Phi) is 1.42. The van der Waals surface area contributed by atoms with E-state index in [1.807, 2.05) is 6.92 Å². The minimum Gasteiger partial charge on any atom is -0.286 e. The Morgan fingerprint density at radius 2 is 2.27 bits per heavy atom. The summed E-state index contributed by atoms with van der Waals surface area (Å²) in [5.41, 5.74) is 0. The fourth-order valence-corrected chi connectivity index (χ4v) is 2.26. The van der Waals surface area contributed by atoms with Crippen LogP contribution in [0.25, 0.3) is 0 Å². The maximum Gasteiger partial charge on any atom is 0.249 e. The van der Waals surface area contributed by atoms with E-state index in [-0.39, 0.29) is 17.9 Å². The first kappa shape index (κ1) is 7.10. The summed E-state index contributed by atoms with van der Waals surface area (Å²) in [5, 5.41) is 10.3. The van der Waals surface area contributed by atoms with Gasteiger partial charge >= 0.3 is 0 Å². The topological polar surface area (TPSA) is 40.5 Å². The monoisotopic (exact) mass is 155 g/mol. The smallest absolute Gasteiger partial charge is 0.249 e. The molecule has 0 aromatic carbocycles. The summed E-state index contributed by atoms with van der Waals surface area (Å²) in [6, 6.07) is 0.128. The van der Waals surface area contributed by atoms with Gasteiger partial charge in [0.15, 0.2) is 0 Å². The van der Waals surface area contributed by atoms with Crippen LogP contribution in [0.15, 0.2) is 0 Å². The van der Waals surface area contributed by atoms with Crippen LogP contribution in [0.1, 0.15) is 26.2 Å². The highest BCUT2D eigenvalue weighted by Crippen LogP contribution is 2.39. The zero-order valence-corrected chi connectivity index (χ0v) is 6.66. The summed E-state index contributed by atoms with van der Waals surface area (Å²) in [5.74, 6) is 0.499. The van der Waals surface area contributed by atoms with E-state index in [4.69, 9.17) is 0 Å². The number of piperidine rings is 1. The first-order chi connectivity index (χ1) is 5.20. The molecule has 3 unspecified atom stereocenters. The largest absolute Gasteiger partial charge is 0.286 e. The number of hydrogen-bond acceptors (Lipinski definition) is 2. The summed E-state index contributed by atoms with van der Waals surface area (Å²) in [6.07, 6.45) is 3.09. The molecule has 3 heteroatoms. The van der Waals surface area contributed by atoms with Gasteiger partial charge in [0, 0.05) is 5.92 Å². The molecular weight excluding hydrogens is 142 g/mol. The van der Waals surface area contributed by atoms with E-state index in [1.165, 1.54) is 0 Å². The van der Waals surface area contributed by atoms with Gasteiger partial charge in [0.25, 0.3) is 0 Å². The Hall–Kier alpha value is -0.570. The van der Waals surface area contributed by atoms with E-state index >= 15 is 0 Å². The number of carbonyl (C=O) groups excluding carboxylic acids is 1. The average molecular weight is 155 g/mol. The third kappa shape index (κ3) is 0.872. The van der Waals surface area contributed by atoms with Gasteiger partial charge < -0.3 is 0 Å². The third-order valence-corrected chi connectivity index (χ3v) is 3.11. The number of fused-ring (bicyclic) bond motifs is 2. The molecule has 0 aromatic heterocycles. The summed E-state index contributed by atoms with van der Waals surface area (Å²) >= 11 is 0. The van der Waals surface area contributed by atoms with Crippen LogP contribution in [0, 0.1) is 11.8 Å². The van der Waals surface area contributed by atoms with Crippen LogP contribution in [0.4, 0.5) is 0 Å². The average Bonchev–Trinajstić information content (AvgIpc) is 2.44. The van der Waals surface area contributed by atoms with Crippen molar-refractivity contribution in [2.24, 2.45) is 11.8 Å². The molecule has 62 valence electrons. The second kappa shape index (κ2) is 2.21. The predicted octanol–water partition coefficient (Wildman–Crippen LogP) is 1.02. The summed E-state index contributed by atoms with van der Waals surface area (Å²) in [4.78, 5) is 11.3. The van der Waals surface area contributed by atoms with Crippen molar-refractivity contribution < 1.29 is 10.0 Å². The molecule has 1 saturated carbocycles. The normalized spacial score (nSPS) is 43.3. The predicted molar refractivity (Wildman–Crippen MR) is 38.9 cm³/mol. The Labute approximate surface area is 66.0 Å². The molecule has 2 fully saturated rings. The van der Waals surface area contributed by atoms with Gasteiger partial charge in [-0.25, -0.2) is 5.06 Å². The van der Waals surface area contributed by atoms with Crippen LogP contribution < -0.4 is 0 Å². The summed E-state index contributed by atoms with van der Waals surface area (Å²) in [6.45, 7) is 1.91. The fraction of sp³-hybridized carbons (Fsp3) is 0.875. The number of nitrogens with zero attached hydrogens (tertiary/aromatic N) is 1. The molecule has 11 heavy (non-hydrogen) atoms. The van der Waals surface area contributed by atoms with Crippen molar-refractivity contribution in [1.29, 1.82) is 0 Å². The molecule has 1 amide bonds. The number of rotatable bonds is 0. The number of hydroxylamine groups is 2. The van der Waals surface area contributed by atoms with Gasteiger partial charge in [0.05, 0.1) is 6.04 Å². The Balaban J connectivity index is 2.23.